The van der Waals surface area contributed by atoms with Gasteiger partial charge in [-0.05, 0) is 25.2 Å². The highest BCUT2D eigenvalue weighted by Crippen LogP contribution is 2.31. The highest BCUT2D eigenvalue weighted by atomic mass is 16.2. The van der Waals surface area contributed by atoms with E-state index in [0.29, 0.717) is 5.91 Å². The first kappa shape index (κ1) is 10.5. The van der Waals surface area contributed by atoms with Crippen molar-refractivity contribution in [2.75, 3.05) is 32.7 Å². The molecular formula is C12H21N3O. The third-order valence-corrected chi connectivity index (χ3v) is 4.05. The van der Waals surface area contributed by atoms with Crippen molar-refractivity contribution in [1.29, 1.82) is 0 Å². The van der Waals surface area contributed by atoms with Crippen molar-refractivity contribution >= 4 is 5.91 Å². The molecule has 0 spiro atoms. The molecule has 1 saturated heterocycles. The number of carbonyl (C=O) groups excluding carboxylic acids is 1. The zero-order valence-electron chi connectivity index (χ0n) is 9.77. The molecular weight excluding hydrogens is 202 g/mol. The number of amides is 1. The van der Waals surface area contributed by atoms with Gasteiger partial charge in [-0.2, -0.15) is 0 Å². The van der Waals surface area contributed by atoms with Gasteiger partial charge in [0.15, 0.2) is 0 Å². The van der Waals surface area contributed by atoms with E-state index >= 15 is 0 Å². The summed E-state index contributed by atoms with van der Waals surface area (Å²) in [6.07, 6.45) is 3.73. The van der Waals surface area contributed by atoms with E-state index in [4.69, 9.17) is 5.73 Å². The maximum atomic E-state index is 11.9. The number of nitrogens with two attached hydrogens (primary N) is 1. The molecule has 0 aromatic rings. The van der Waals surface area contributed by atoms with Gasteiger partial charge in [0.25, 0.3) is 0 Å². The average Bonchev–Trinajstić information content (AvgIpc) is 3.17. The third kappa shape index (κ3) is 2.23. The molecule has 3 rings (SSSR count). The Balaban J connectivity index is 1.44. The van der Waals surface area contributed by atoms with Gasteiger partial charge in [-0.15, -0.1) is 0 Å². The molecule has 0 bridgehead atoms. The highest BCUT2D eigenvalue weighted by Gasteiger charge is 2.42. The fourth-order valence-electron chi connectivity index (χ4n) is 2.55. The largest absolute Gasteiger partial charge is 0.340 e. The van der Waals surface area contributed by atoms with E-state index in [-0.39, 0.29) is 12.0 Å². The molecule has 16 heavy (non-hydrogen) atoms. The molecule has 2 unspecified atom stereocenters. The van der Waals surface area contributed by atoms with Gasteiger partial charge in [0, 0.05) is 38.8 Å². The van der Waals surface area contributed by atoms with Crippen molar-refractivity contribution in [1.82, 2.24) is 9.80 Å². The van der Waals surface area contributed by atoms with Crippen LogP contribution in [0.15, 0.2) is 0 Å². The topological polar surface area (TPSA) is 49.6 Å². The van der Waals surface area contributed by atoms with Gasteiger partial charge in [-0.25, -0.2) is 0 Å². The van der Waals surface area contributed by atoms with Crippen LogP contribution in [0.3, 0.4) is 0 Å². The second kappa shape index (κ2) is 4.00. The van der Waals surface area contributed by atoms with Crippen LogP contribution in [0.4, 0.5) is 0 Å². The SMILES string of the molecule is NC1CC1C(=O)N1CCN(CC2CC2)CC1. The number of carbonyl (C=O) groups is 1. The van der Waals surface area contributed by atoms with Crippen molar-refractivity contribution in [2.45, 2.75) is 25.3 Å². The predicted octanol–water partition coefficient (Wildman–Crippen LogP) is -0.112. The summed E-state index contributed by atoms with van der Waals surface area (Å²) in [4.78, 5) is 16.5. The lowest BCUT2D eigenvalue weighted by Crippen LogP contribution is -2.49. The minimum absolute atomic E-state index is 0.148. The van der Waals surface area contributed by atoms with Crippen LogP contribution in [0.5, 0.6) is 0 Å². The minimum atomic E-state index is 0.148. The molecule has 0 aromatic heterocycles. The Hall–Kier alpha value is -0.610. The fourth-order valence-corrected chi connectivity index (χ4v) is 2.55. The Morgan fingerprint density at radius 2 is 1.81 bits per heavy atom. The Bertz CT molecular complexity index is 282. The van der Waals surface area contributed by atoms with E-state index in [2.05, 4.69) is 4.90 Å². The second-order valence-electron chi connectivity index (χ2n) is 5.58. The molecule has 1 heterocycles. The lowest BCUT2D eigenvalue weighted by atomic mass is 10.2. The van der Waals surface area contributed by atoms with Gasteiger partial charge in [-0.1, -0.05) is 0 Å². The summed E-state index contributed by atoms with van der Waals surface area (Å²) in [7, 11) is 0. The van der Waals surface area contributed by atoms with Crippen molar-refractivity contribution in [3.63, 3.8) is 0 Å². The van der Waals surface area contributed by atoms with E-state index < -0.39 is 0 Å². The van der Waals surface area contributed by atoms with E-state index in [1.54, 1.807) is 0 Å². The summed E-state index contributed by atoms with van der Waals surface area (Å²) in [5.41, 5.74) is 5.72. The van der Waals surface area contributed by atoms with Crippen LogP contribution in [0, 0.1) is 11.8 Å². The van der Waals surface area contributed by atoms with E-state index in [0.717, 1.165) is 38.5 Å². The van der Waals surface area contributed by atoms with Crippen molar-refractivity contribution in [2.24, 2.45) is 17.6 Å². The molecule has 2 aliphatic carbocycles. The van der Waals surface area contributed by atoms with Crippen LogP contribution in [0.25, 0.3) is 0 Å². The van der Waals surface area contributed by atoms with Gasteiger partial charge in [-0.3, -0.25) is 9.69 Å². The molecule has 90 valence electrons. The normalized spacial score (nSPS) is 35.2. The Kier molecular flexibility index (Phi) is 2.64. The molecule has 0 aromatic carbocycles. The standard InChI is InChI=1S/C12H21N3O/c13-11-7-10(11)12(16)15-5-3-14(4-6-15)8-9-1-2-9/h9-11H,1-8,13H2. The van der Waals surface area contributed by atoms with Crippen LogP contribution < -0.4 is 5.73 Å². The van der Waals surface area contributed by atoms with E-state index in [1.165, 1.54) is 19.4 Å². The van der Waals surface area contributed by atoms with E-state index in [1.807, 2.05) is 4.90 Å². The molecule has 1 aliphatic heterocycles. The summed E-state index contributed by atoms with van der Waals surface area (Å²) in [6.45, 7) is 5.20. The maximum Gasteiger partial charge on any atom is 0.227 e. The molecule has 0 radical (unpaired) electrons. The minimum Gasteiger partial charge on any atom is -0.340 e. The zero-order valence-corrected chi connectivity index (χ0v) is 9.77. The van der Waals surface area contributed by atoms with Crippen molar-refractivity contribution < 1.29 is 4.79 Å². The lowest BCUT2D eigenvalue weighted by Gasteiger charge is -2.35. The monoisotopic (exact) mass is 223 g/mol. The first-order valence-corrected chi connectivity index (χ1v) is 6.51. The molecule has 3 fully saturated rings. The summed E-state index contributed by atoms with van der Waals surface area (Å²) >= 11 is 0. The number of hydrogen-bond donors (Lipinski definition) is 1. The third-order valence-electron chi connectivity index (χ3n) is 4.05. The smallest absolute Gasteiger partial charge is 0.227 e. The Labute approximate surface area is 96.8 Å². The summed E-state index contributed by atoms with van der Waals surface area (Å²) in [5, 5.41) is 0. The molecule has 3 aliphatic rings. The van der Waals surface area contributed by atoms with Crippen LogP contribution in [-0.2, 0) is 4.79 Å². The predicted molar refractivity (Wildman–Crippen MR) is 61.8 cm³/mol. The van der Waals surface area contributed by atoms with Crippen LogP contribution in [-0.4, -0.2) is 54.5 Å². The first-order valence-electron chi connectivity index (χ1n) is 6.51. The molecule has 1 amide bonds. The summed E-state index contributed by atoms with van der Waals surface area (Å²) < 4.78 is 0. The number of piperazine rings is 1. The van der Waals surface area contributed by atoms with Crippen LogP contribution in [0.1, 0.15) is 19.3 Å². The van der Waals surface area contributed by atoms with Gasteiger partial charge in [0.2, 0.25) is 5.91 Å². The van der Waals surface area contributed by atoms with Crippen LogP contribution in [0.2, 0.25) is 0 Å². The number of rotatable bonds is 3. The van der Waals surface area contributed by atoms with E-state index in [9.17, 15) is 4.79 Å². The first-order chi connectivity index (χ1) is 7.74. The second-order valence-corrected chi connectivity index (χ2v) is 5.58. The quantitative estimate of drug-likeness (QED) is 0.726. The number of nitrogens with zero attached hydrogens (tertiary/aromatic N) is 2. The fraction of sp³-hybridized carbons (Fsp3) is 0.917. The summed E-state index contributed by atoms with van der Waals surface area (Å²) in [5.74, 6) is 1.41. The molecule has 4 nitrogen and oxygen atoms in total. The molecule has 2 N–H and O–H groups in total. The van der Waals surface area contributed by atoms with Gasteiger partial charge >= 0.3 is 0 Å². The molecule has 2 saturated carbocycles. The Morgan fingerprint density at radius 3 is 2.31 bits per heavy atom. The summed E-state index contributed by atoms with van der Waals surface area (Å²) in [6, 6.07) is 0.150. The number of hydrogen-bond acceptors (Lipinski definition) is 3. The van der Waals surface area contributed by atoms with Gasteiger partial charge in [0.05, 0.1) is 5.92 Å². The zero-order chi connectivity index (χ0) is 11.1. The lowest BCUT2D eigenvalue weighted by molar-refractivity contribution is -0.134. The Morgan fingerprint density at radius 1 is 1.19 bits per heavy atom. The highest BCUT2D eigenvalue weighted by molar-refractivity contribution is 5.82. The van der Waals surface area contributed by atoms with Gasteiger partial charge in [0.1, 0.15) is 0 Å². The van der Waals surface area contributed by atoms with Crippen LogP contribution >= 0.6 is 0 Å². The van der Waals surface area contributed by atoms with Gasteiger partial charge < -0.3 is 10.6 Å². The molecule has 2 atom stereocenters. The molecule has 4 heteroatoms. The van der Waals surface area contributed by atoms with Crippen molar-refractivity contribution in [3.8, 4) is 0 Å². The average molecular weight is 223 g/mol. The van der Waals surface area contributed by atoms with Crippen molar-refractivity contribution in [3.05, 3.63) is 0 Å². The maximum absolute atomic E-state index is 11.9.